The SMILES string of the molecule is C[Si](C)(Cl)CCCCCCCCCCCCCCC[Si](C)(C)Cl. The fourth-order valence-corrected chi connectivity index (χ4v) is 6.02. The van der Waals surface area contributed by atoms with E-state index >= 15 is 0 Å². The van der Waals surface area contributed by atoms with Crippen LogP contribution in [0.25, 0.3) is 0 Å². The lowest BCUT2D eigenvalue weighted by Gasteiger charge is -2.11. The minimum Gasteiger partial charge on any atom is -0.168 e. The van der Waals surface area contributed by atoms with Gasteiger partial charge >= 0.3 is 0 Å². The molecule has 4 heteroatoms. The van der Waals surface area contributed by atoms with Gasteiger partial charge in [0.1, 0.15) is 14.8 Å². The third-order valence-corrected chi connectivity index (χ3v) is 8.76. The molecule has 0 nitrogen and oxygen atoms in total. The average Bonchev–Trinajstić information content (AvgIpc) is 2.40. The molecule has 0 amide bonds. The van der Waals surface area contributed by atoms with E-state index in [9.17, 15) is 0 Å². The zero-order valence-electron chi connectivity index (χ0n) is 16.4. The molecular formula is C19H42Cl2Si2. The highest BCUT2D eigenvalue weighted by Crippen LogP contribution is 2.20. The Hall–Kier alpha value is 1.01. The normalized spacial score (nSPS) is 12.8. The quantitative estimate of drug-likeness (QED) is 0.138. The predicted molar refractivity (Wildman–Crippen MR) is 116 cm³/mol. The summed E-state index contributed by atoms with van der Waals surface area (Å²) in [4.78, 5) is 0. The average molecular weight is 398 g/mol. The number of hydrogen-bond donors (Lipinski definition) is 0. The van der Waals surface area contributed by atoms with E-state index in [1.807, 2.05) is 0 Å². The van der Waals surface area contributed by atoms with E-state index in [-0.39, 0.29) is 0 Å². The van der Waals surface area contributed by atoms with Gasteiger partial charge in [0, 0.05) is 0 Å². The summed E-state index contributed by atoms with van der Waals surface area (Å²) in [5.41, 5.74) is 0. The van der Waals surface area contributed by atoms with E-state index in [0.717, 1.165) is 0 Å². The molecule has 0 aliphatic heterocycles. The molecule has 0 aliphatic rings. The van der Waals surface area contributed by atoms with Crippen LogP contribution in [0.2, 0.25) is 38.3 Å². The Balaban J connectivity index is 3.08. The first-order chi connectivity index (χ1) is 10.7. The number of hydrogen-bond acceptors (Lipinski definition) is 0. The van der Waals surface area contributed by atoms with E-state index in [0.29, 0.717) is 0 Å². The predicted octanol–water partition coefficient (Wildman–Crippen LogP) is 8.95. The molecule has 0 aromatic rings. The van der Waals surface area contributed by atoms with Crippen LogP contribution in [0.4, 0.5) is 0 Å². The molecule has 23 heavy (non-hydrogen) atoms. The van der Waals surface area contributed by atoms with E-state index in [1.54, 1.807) is 0 Å². The maximum Gasteiger partial charge on any atom is 0.150 e. The first kappa shape index (κ1) is 24.0. The molecule has 0 saturated carbocycles. The standard InChI is InChI=1S/C19H42Cl2Si2/c1-22(2,20)18-16-14-12-10-8-6-5-7-9-11-13-15-17-19-23(3,4)21/h5-19H2,1-4H3. The Bertz CT molecular complexity index is 231. The maximum atomic E-state index is 6.34. The van der Waals surface area contributed by atoms with Gasteiger partial charge in [-0.15, -0.1) is 0 Å². The van der Waals surface area contributed by atoms with Crippen LogP contribution in [-0.2, 0) is 0 Å². The summed E-state index contributed by atoms with van der Waals surface area (Å²) < 4.78 is 0. The van der Waals surface area contributed by atoms with Crippen LogP contribution in [0.3, 0.4) is 0 Å². The van der Waals surface area contributed by atoms with Gasteiger partial charge in [-0.05, 0) is 12.1 Å². The Kier molecular flexibility index (Phi) is 14.8. The molecular weight excluding hydrogens is 355 g/mol. The van der Waals surface area contributed by atoms with Crippen LogP contribution in [-0.4, -0.2) is 14.8 Å². The van der Waals surface area contributed by atoms with Gasteiger partial charge < -0.3 is 0 Å². The van der Waals surface area contributed by atoms with Crippen molar-refractivity contribution in [2.45, 2.75) is 122 Å². The minimum absolute atomic E-state index is 1.29. The van der Waals surface area contributed by atoms with E-state index in [4.69, 9.17) is 22.2 Å². The van der Waals surface area contributed by atoms with Crippen molar-refractivity contribution >= 4 is 36.9 Å². The topological polar surface area (TPSA) is 0 Å². The Morgan fingerprint density at radius 3 is 0.739 bits per heavy atom. The van der Waals surface area contributed by atoms with Crippen molar-refractivity contribution in [1.82, 2.24) is 0 Å². The number of halogens is 2. The summed E-state index contributed by atoms with van der Waals surface area (Å²) in [5.74, 6) is 0. The van der Waals surface area contributed by atoms with Crippen molar-refractivity contribution in [2.75, 3.05) is 0 Å². The molecule has 0 N–H and O–H groups in total. The van der Waals surface area contributed by atoms with Crippen LogP contribution < -0.4 is 0 Å². The number of rotatable bonds is 16. The Morgan fingerprint density at radius 1 is 0.391 bits per heavy atom. The lowest BCUT2D eigenvalue weighted by Crippen LogP contribution is -2.14. The Morgan fingerprint density at radius 2 is 0.565 bits per heavy atom. The second-order valence-corrected chi connectivity index (χ2v) is 22.5. The van der Waals surface area contributed by atoms with Gasteiger partial charge in [-0.25, -0.2) is 0 Å². The fourth-order valence-electron chi connectivity index (χ4n) is 3.04. The van der Waals surface area contributed by atoms with Crippen molar-refractivity contribution in [3.05, 3.63) is 0 Å². The minimum atomic E-state index is -1.30. The van der Waals surface area contributed by atoms with E-state index in [2.05, 4.69) is 26.2 Å². The highest BCUT2D eigenvalue weighted by atomic mass is 35.6. The lowest BCUT2D eigenvalue weighted by molar-refractivity contribution is 0.542. The van der Waals surface area contributed by atoms with E-state index in [1.165, 1.54) is 95.6 Å². The fraction of sp³-hybridized carbons (Fsp3) is 1.00. The van der Waals surface area contributed by atoms with Crippen molar-refractivity contribution in [2.24, 2.45) is 0 Å². The monoisotopic (exact) mass is 396 g/mol. The molecule has 0 heterocycles. The summed E-state index contributed by atoms with van der Waals surface area (Å²) in [6.07, 6.45) is 18.4. The molecule has 0 aromatic heterocycles. The zero-order chi connectivity index (χ0) is 17.6. The molecule has 0 aliphatic carbocycles. The third kappa shape index (κ3) is 23.0. The first-order valence-electron chi connectivity index (χ1n) is 10.1. The smallest absolute Gasteiger partial charge is 0.150 e. The zero-order valence-corrected chi connectivity index (χ0v) is 19.9. The first-order valence-corrected chi connectivity index (χ1v) is 18.5. The van der Waals surface area contributed by atoms with Crippen LogP contribution in [0.5, 0.6) is 0 Å². The summed E-state index contributed by atoms with van der Waals surface area (Å²) in [5, 5.41) is 0. The molecule has 0 unspecified atom stereocenters. The highest BCUT2D eigenvalue weighted by Gasteiger charge is 2.15. The lowest BCUT2D eigenvalue weighted by atomic mass is 10.0. The molecule has 0 aromatic carbocycles. The molecule has 0 radical (unpaired) electrons. The van der Waals surface area contributed by atoms with Crippen LogP contribution in [0.1, 0.15) is 83.5 Å². The molecule has 0 rings (SSSR count). The van der Waals surface area contributed by atoms with Crippen molar-refractivity contribution in [3.63, 3.8) is 0 Å². The molecule has 0 spiro atoms. The summed E-state index contributed by atoms with van der Waals surface area (Å²) in [6, 6.07) is 2.58. The van der Waals surface area contributed by atoms with Gasteiger partial charge in [0.2, 0.25) is 0 Å². The summed E-state index contributed by atoms with van der Waals surface area (Å²) >= 11 is 12.7. The van der Waals surface area contributed by atoms with Crippen LogP contribution >= 0.6 is 22.2 Å². The molecule has 0 saturated heterocycles. The van der Waals surface area contributed by atoms with Gasteiger partial charge in [0.15, 0.2) is 0 Å². The van der Waals surface area contributed by atoms with Gasteiger partial charge in [-0.3, -0.25) is 0 Å². The van der Waals surface area contributed by atoms with Crippen molar-refractivity contribution in [1.29, 1.82) is 0 Å². The molecule has 0 fully saturated rings. The largest absolute Gasteiger partial charge is 0.168 e. The summed E-state index contributed by atoms with van der Waals surface area (Å²) in [6.45, 7) is 9.04. The second-order valence-electron chi connectivity index (χ2n) is 8.53. The highest BCUT2D eigenvalue weighted by molar-refractivity contribution is 7.19. The van der Waals surface area contributed by atoms with Crippen LogP contribution in [0.15, 0.2) is 0 Å². The van der Waals surface area contributed by atoms with E-state index < -0.39 is 14.8 Å². The van der Waals surface area contributed by atoms with Gasteiger partial charge in [-0.1, -0.05) is 110 Å². The maximum absolute atomic E-state index is 6.34. The van der Waals surface area contributed by atoms with Gasteiger partial charge in [0.25, 0.3) is 0 Å². The Labute approximate surface area is 158 Å². The number of unbranched alkanes of at least 4 members (excludes halogenated alkanes) is 12. The summed E-state index contributed by atoms with van der Waals surface area (Å²) in [7, 11) is -2.60. The van der Waals surface area contributed by atoms with Crippen molar-refractivity contribution in [3.8, 4) is 0 Å². The van der Waals surface area contributed by atoms with Gasteiger partial charge in [-0.2, -0.15) is 22.2 Å². The van der Waals surface area contributed by atoms with Crippen LogP contribution in [0, 0.1) is 0 Å². The van der Waals surface area contributed by atoms with Gasteiger partial charge in [0.05, 0.1) is 0 Å². The molecule has 0 bridgehead atoms. The third-order valence-electron chi connectivity index (χ3n) is 4.54. The van der Waals surface area contributed by atoms with Crippen molar-refractivity contribution < 1.29 is 0 Å². The molecule has 140 valence electrons. The second kappa shape index (κ2) is 14.2. The molecule has 0 atom stereocenters.